The number of nitrogens with two attached hydrogens (primary N) is 1. The predicted molar refractivity (Wildman–Crippen MR) is 88.7 cm³/mol. The van der Waals surface area contributed by atoms with E-state index in [4.69, 9.17) is 17.3 Å². The van der Waals surface area contributed by atoms with Crippen molar-refractivity contribution < 1.29 is 4.79 Å². The first-order valence-corrected chi connectivity index (χ1v) is 7.44. The summed E-state index contributed by atoms with van der Waals surface area (Å²) in [4.78, 5) is 14.1. The number of anilines is 1. The molecule has 1 aliphatic rings. The van der Waals surface area contributed by atoms with Gasteiger partial charge in [-0.25, -0.2) is 0 Å². The molecule has 0 radical (unpaired) electrons. The summed E-state index contributed by atoms with van der Waals surface area (Å²) in [5, 5.41) is 3.36. The second kappa shape index (κ2) is 8.20. The Morgan fingerprint density at radius 3 is 2.70 bits per heavy atom. The highest BCUT2D eigenvalue weighted by molar-refractivity contribution is 9.10. The van der Waals surface area contributed by atoms with Crippen LogP contribution in [0.3, 0.4) is 0 Å². The molecule has 0 atom stereocenters. The molecule has 0 saturated carbocycles. The Bertz CT molecular complexity index is 465. The van der Waals surface area contributed by atoms with Crippen LogP contribution in [-0.4, -0.2) is 36.5 Å². The molecule has 0 bridgehead atoms. The Morgan fingerprint density at radius 2 is 2.10 bits per heavy atom. The van der Waals surface area contributed by atoms with Crippen LogP contribution in [0.2, 0.25) is 5.02 Å². The third-order valence-electron chi connectivity index (χ3n) is 3.20. The zero-order valence-electron chi connectivity index (χ0n) is 10.9. The lowest BCUT2D eigenvalue weighted by atomic mass is 10.1. The van der Waals surface area contributed by atoms with Crippen LogP contribution in [0.4, 0.5) is 5.69 Å². The summed E-state index contributed by atoms with van der Waals surface area (Å²) in [5.74, 6) is -0.0420. The van der Waals surface area contributed by atoms with Gasteiger partial charge in [0.1, 0.15) is 0 Å². The number of rotatable bonds is 3. The molecule has 0 aromatic heterocycles. The molecule has 1 heterocycles. The number of hydrogen-bond donors (Lipinski definition) is 2. The van der Waals surface area contributed by atoms with Crippen molar-refractivity contribution in [2.75, 3.05) is 25.0 Å². The molecule has 0 spiro atoms. The Kier molecular flexibility index (Phi) is 7.26. The Labute approximate surface area is 138 Å². The maximum Gasteiger partial charge on any atom is 0.238 e. The standard InChI is InChI=1S/C13H17BrClN3O.ClH/c14-9-1-2-12(11(15)7-9)17-13(19)8-18-5-3-10(16)4-6-18;/h1-2,7,10H,3-6,8,16H2,(H,17,19);1H. The summed E-state index contributed by atoms with van der Waals surface area (Å²) in [5.41, 5.74) is 6.48. The van der Waals surface area contributed by atoms with Crippen LogP contribution in [0.1, 0.15) is 12.8 Å². The van der Waals surface area contributed by atoms with E-state index in [1.54, 1.807) is 12.1 Å². The third-order valence-corrected chi connectivity index (χ3v) is 4.01. The third kappa shape index (κ3) is 5.22. The molecule has 1 aromatic carbocycles. The van der Waals surface area contributed by atoms with Crippen molar-refractivity contribution in [3.8, 4) is 0 Å². The van der Waals surface area contributed by atoms with Gasteiger partial charge >= 0.3 is 0 Å². The van der Waals surface area contributed by atoms with Gasteiger partial charge < -0.3 is 11.1 Å². The Balaban J connectivity index is 0.00000200. The number of hydrogen-bond acceptors (Lipinski definition) is 3. The maximum atomic E-state index is 11.9. The molecule has 112 valence electrons. The highest BCUT2D eigenvalue weighted by Gasteiger charge is 2.18. The van der Waals surface area contributed by atoms with Gasteiger partial charge in [-0.15, -0.1) is 12.4 Å². The molecule has 4 nitrogen and oxygen atoms in total. The molecule has 20 heavy (non-hydrogen) atoms. The average Bonchev–Trinajstić information content (AvgIpc) is 2.36. The van der Waals surface area contributed by atoms with E-state index < -0.39 is 0 Å². The largest absolute Gasteiger partial charge is 0.328 e. The van der Waals surface area contributed by atoms with Crippen LogP contribution < -0.4 is 11.1 Å². The molecule has 1 saturated heterocycles. The van der Waals surface area contributed by atoms with Gasteiger partial charge in [-0.05, 0) is 31.0 Å². The summed E-state index contributed by atoms with van der Waals surface area (Å²) in [6.45, 7) is 2.14. The number of carbonyl (C=O) groups excluding carboxylic acids is 1. The number of carbonyl (C=O) groups is 1. The fourth-order valence-electron chi connectivity index (χ4n) is 2.09. The topological polar surface area (TPSA) is 58.4 Å². The summed E-state index contributed by atoms with van der Waals surface area (Å²) in [6, 6.07) is 5.68. The van der Waals surface area contributed by atoms with Crippen LogP contribution in [0.25, 0.3) is 0 Å². The highest BCUT2D eigenvalue weighted by atomic mass is 79.9. The molecule has 1 amide bonds. The lowest BCUT2D eigenvalue weighted by Crippen LogP contribution is -2.43. The van der Waals surface area contributed by atoms with Crippen molar-refractivity contribution in [3.63, 3.8) is 0 Å². The van der Waals surface area contributed by atoms with E-state index in [1.807, 2.05) is 6.07 Å². The molecule has 7 heteroatoms. The van der Waals surface area contributed by atoms with Crippen LogP contribution in [0.5, 0.6) is 0 Å². The zero-order chi connectivity index (χ0) is 13.8. The summed E-state index contributed by atoms with van der Waals surface area (Å²) >= 11 is 9.39. The van der Waals surface area contributed by atoms with Gasteiger partial charge in [-0.2, -0.15) is 0 Å². The zero-order valence-corrected chi connectivity index (χ0v) is 14.1. The minimum absolute atomic E-state index is 0. The fourth-order valence-corrected chi connectivity index (χ4v) is 2.82. The predicted octanol–water partition coefficient (Wildman–Crippen LogP) is 2.89. The molecule has 0 aliphatic carbocycles. The summed E-state index contributed by atoms with van der Waals surface area (Å²) in [7, 11) is 0. The number of nitrogens with zero attached hydrogens (tertiary/aromatic N) is 1. The van der Waals surface area contributed by atoms with Crippen LogP contribution in [-0.2, 0) is 4.79 Å². The number of piperidine rings is 1. The molecule has 2 rings (SSSR count). The molecule has 1 aromatic rings. The fraction of sp³-hybridized carbons (Fsp3) is 0.462. The molecule has 3 N–H and O–H groups in total. The van der Waals surface area contributed by atoms with Gasteiger partial charge in [0.2, 0.25) is 5.91 Å². The quantitative estimate of drug-likeness (QED) is 0.844. The Hall–Kier alpha value is -0.330. The number of benzene rings is 1. The lowest BCUT2D eigenvalue weighted by molar-refractivity contribution is -0.117. The Morgan fingerprint density at radius 1 is 1.45 bits per heavy atom. The van der Waals surface area contributed by atoms with Crippen molar-refractivity contribution in [1.82, 2.24) is 4.90 Å². The van der Waals surface area contributed by atoms with Crippen LogP contribution in [0.15, 0.2) is 22.7 Å². The van der Waals surface area contributed by atoms with Crippen molar-refractivity contribution >= 4 is 51.5 Å². The van der Waals surface area contributed by atoms with Crippen molar-refractivity contribution in [2.24, 2.45) is 5.73 Å². The lowest BCUT2D eigenvalue weighted by Gasteiger charge is -2.29. The minimum atomic E-state index is -0.0420. The molecular formula is C13H18BrCl2N3O. The second-order valence-electron chi connectivity index (χ2n) is 4.79. The first-order chi connectivity index (χ1) is 9.04. The average molecular weight is 383 g/mol. The monoisotopic (exact) mass is 381 g/mol. The van der Waals surface area contributed by atoms with Crippen LogP contribution >= 0.6 is 39.9 Å². The SMILES string of the molecule is Cl.NC1CCN(CC(=O)Nc2ccc(Br)cc2Cl)CC1. The second-order valence-corrected chi connectivity index (χ2v) is 6.11. The van der Waals surface area contributed by atoms with Crippen molar-refractivity contribution in [2.45, 2.75) is 18.9 Å². The molecule has 1 fully saturated rings. The number of likely N-dealkylation sites (tertiary alicyclic amines) is 1. The van der Waals surface area contributed by atoms with E-state index in [-0.39, 0.29) is 24.4 Å². The maximum absolute atomic E-state index is 11.9. The molecule has 0 unspecified atom stereocenters. The van der Waals surface area contributed by atoms with Gasteiger partial charge in [0.25, 0.3) is 0 Å². The van der Waals surface area contributed by atoms with E-state index in [9.17, 15) is 4.79 Å². The first kappa shape index (κ1) is 17.7. The van der Waals surface area contributed by atoms with E-state index >= 15 is 0 Å². The van der Waals surface area contributed by atoms with Gasteiger partial charge in [-0.3, -0.25) is 9.69 Å². The number of amides is 1. The minimum Gasteiger partial charge on any atom is -0.328 e. The van der Waals surface area contributed by atoms with Gasteiger partial charge in [0.05, 0.1) is 17.3 Å². The molecule has 1 aliphatic heterocycles. The van der Waals surface area contributed by atoms with E-state index in [1.165, 1.54) is 0 Å². The van der Waals surface area contributed by atoms with Crippen LogP contribution in [0, 0.1) is 0 Å². The molecular weight excluding hydrogens is 365 g/mol. The van der Waals surface area contributed by atoms with Gasteiger partial charge in [-0.1, -0.05) is 27.5 Å². The van der Waals surface area contributed by atoms with Crippen molar-refractivity contribution in [3.05, 3.63) is 27.7 Å². The van der Waals surface area contributed by atoms with Gasteiger partial charge in [0.15, 0.2) is 0 Å². The highest BCUT2D eigenvalue weighted by Crippen LogP contribution is 2.25. The smallest absolute Gasteiger partial charge is 0.238 e. The normalized spacial score (nSPS) is 16.6. The first-order valence-electron chi connectivity index (χ1n) is 6.27. The van der Waals surface area contributed by atoms with E-state index in [0.29, 0.717) is 17.3 Å². The van der Waals surface area contributed by atoms with E-state index in [0.717, 1.165) is 30.4 Å². The van der Waals surface area contributed by atoms with Gasteiger partial charge in [0, 0.05) is 23.6 Å². The summed E-state index contributed by atoms with van der Waals surface area (Å²) in [6.07, 6.45) is 1.90. The van der Waals surface area contributed by atoms with E-state index in [2.05, 4.69) is 26.1 Å². The van der Waals surface area contributed by atoms with Crippen molar-refractivity contribution in [1.29, 1.82) is 0 Å². The number of nitrogens with one attached hydrogen (secondary N) is 1. The summed E-state index contributed by atoms with van der Waals surface area (Å²) < 4.78 is 0.889. The number of halogens is 3.